The van der Waals surface area contributed by atoms with Crippen LogP contribution in [0.5, 0.6) is 0 Å². The molecule has 0 unspecified atom stereocenters. The Balaban J connectivity index is 1.49. The zero-order valence-electron chi connectivity index (χ0n) is 11.5. The highest BCUT2D eigenvalue weighted by molar-refractivity contribution is 5.73. The molecule has 0 saturated carbocycles. The van der Waals surface area contributed by atoms with Crippen LogP contribution in [-0.2, 0) is 9.47 Å². The molecule has 2 heterocycles. The van der Waals surface area contributed by atoms with Crippen LogP contribution in [0.3, 0.4) is 0 Å². The predicted molar refractivity (Wildman–Crippen MR) is 72.2 cm³/mol. The average Bonchev–Trinajstić information content (AvgIpc) is 2.47. The van der Waals surface area contributed by atoms with Crippen LogP contribution in [0.1, 0.15) is 12.8 Å². The first-order chi connectivity index (χ1) is 9.34. The fraction of sp³-hybridized carbons (Fsp3) is 0.923. The monoisotopic (exact) mass is 271 g/mol. The topological polar surface area (TPSA) is 62.8 Å². The zero-order chi connectivity index (χ0) is 13.3. The van der Waals surface area contributed by atoms with Crippen molar-refractivity contribution in [2.24, 2.45) is 5.92 Å². The maximum absolute atomic E-state index is 11.6. The van der Waals surface area contributed by atoms with E-state index in [9.17, 15) is 4.79 Å². The summed E-state index contributed by atoms with van der Waals surface area (Å²) >= 11 is 0. The lowest BCUT2D eigenvalue weighted by molar-refractivity contribution is 0.0387. The molecule has 0 atom stereocenters. The number of hydrogen-bond acceptors (Lipinski definition) is 4. The largest absolute Gasteiger partial charge is 0.381 e. The first-order valence-corrected chi connectivity index (χ1v) is 7.24. The Kier molecular flexibility index (Phi) is 6.39. The molecule has 0 radical (unpaired) electrons. The minimum absolute atomic E-state index is 0.0558. The maximum atomic E-state index is 11.6. The van der Waals surface area contributed by atoms with Crippen LogP contribution in [0.15, 0.2) is 0 Å². The van der Waals surface area contributed by atoms with Gasteiger partial charge >= 0.3 is 6.03 Å². The SMILES string of the molecule is O=C(NCCN1CCOCC1)NCC1CCOCC1. The number of carbonyl (C=O) groups excluding carboxylic acids is 1. The van der Waals surface area contributed by atoms with Crippen LogP contribution in [0.25, 0.3) is 0 Å². The summed E-state index contributed by atoms with van der Waals surface area (Å²) in [6, 6.07) is -0.0558. The molecule has 2 amide bonds. The third-order valence-electron chi connectivity index (χ3n) is 3.71. The number of amides is 2. The molecule has 2 aliphatic heterocycles. The number of nitrogens with zero attached hydrogens (tertiary/aromatic N) is 1. The summed E-state index contributed by atoms with van der Waals surface area (Å²) in [5.74, 6) is 0.568. The lowest BCUT2D eigenvalue weighted by atomic mass is 10.0. The van der Waals surface area contributed by atoms with E-state index in [2.05, 4.69) is 15.5 Å². The van der Waals surface area contributed by atoms with Crippen LogP contribution < -0.4 is 10.6 Å². The summed E-state index contributed by atoms with van der Waals surface area (Å²) in [7, 11) is 0. The standard InChI is InChI=1S/C13H25N3O3/c17-13(15-11-12-1-7-18-8-2-12)14-3-4-16-5-9-19-10-6-16/h12H,1-11H2,(H2,14,15,17). The molecule has 2 rings (SSSR count). The summed E-state index contributed by atoms with van der Waals surface area (Å²) in [6.07, 6.45) is 2.10. The second-order valence-electron chi connectivity index (χ2n) is 5.15. The van der Waals surface area contributed by atoms with E-state index < -0.39 is 0 Å². The van der Waals surface area contributed by atoms with Crippen LogP contribution in [-0.4, -0.2) is 70.1 Å². The number of hydrogen-bond donors (Lipinski definition) is 2. The van der Waals surface area contributed by atoms with Crippen LogP contribution in [0.4, 0.5) is 4.79 Å². The van der Waals surface area contributed by atoms with E-state index in [0.717, 1.165) is 65.4 Å². The van der Waals surface area contributed by atoms with E-state index in [-0.39, 0.29) is 6.03 Å². The Hall–Kier alpha value is -0.850. The van der Waals surface area contributed by atoms with Gasteiger partial charge in [0.25, 0.3) is 0 Å². The molecule has 0 aromatic heterocycles. The molecular weight excluding hydrogens is 246 g/mol. The Morgan fingerprint density at radius 1 is 1.05 bits per heavy atom. The van der Waals surface area contributed by atoms with Gasteiger partial charge in [0, 0.05) is 45.9 Å². The maximum Gasteiger partial charge on any atom is 0.314 e. The molecule has 0 aliphatic carbocycles. The van der Waals surface area contributed by atoms with Gasteiger partial charge in [-0.05, 0) is 18.8 Å². The molecule has 0 spiro atoms. The molecule has 2 N–H and O–H groups in total. The number of rotatable bonds is 5. The van der Waals surface area contributed by atoms with Crippen molar-refractivity contribution in [2.45, 2.75) is 12.8 Å². The van der Waals surface area contributed by atoms with E-state index in [1.54, 1.807) is 0 Å². The number of nitrogens with one attached hydrogen (secondary N) is 2. The third-order valence-corrected chi connectivity index (χ3v) is 3.71. The van der Waals surface area contributed by atoms with Crippen molar-refractivity contribution in [1.82, 2.24) is 15.5 Å². The quantitative estimate of drug-likeness (QED) is 0.741. The minimum atomic E-state index is -0.0558. The molecule has 2 saturated heterocycles. The molecule has 2 fully saturated rings. The summed E-state index contributed by atoms with van der Waals surface area (Å²) < 4.78 is 10.6. The van der Waals surface area contributed by atoms with Gasteiger partial charge in [-0.2, -0.15) is 0 Å². The summed E-state index contributed by atoms with van der Waals surface area (Å²) in [6.45, 7) is 7.53. The van der Waals surface area contributed by atoms with Gasteiger partial charge in [0.05, 0.1) is 13.2 Å². The zero-order valence-corrected chi connectivity index (χ0v) is 11.5. The highest BCUT2D eigenvalue weighted by Crippen LogP contribution is 2.12. The fourth-order valence-electron chi connectivity index (χ4n) is 2.40. The summed E-state index contributed by atoms with van der Waals surface area (Å²) in [4.78, 5) is 13.9. The summed E-state index contributed by atoms with van der Waals surface area (Å²) in [5.41, 5.74) is 0. The van der Waals surface area contributed by atoms with Gasteiger partial charge in [0.1, 0.15) is 0 Å². The van der Waals surface area contributed by atoms with Gasteiger partial charge < -0.3 is 20.1 Å². The molecule has 0 aromatic rings. The van der Waals surface area contributed by atoms with Crippen molar-refractivity contribution in [1.29, 1.82) is 0 Å². The first kappa shape index (κ1) is 14.6. The van der Waals surface area contributed by atoms with Gasteiger partial charge in [-0.25, -0.2) is 4.79 Å². The predicted octanol–water partition coefficient (Wildman–Crippen LogP) is 0.0444. The van der Waals surface area contributed by atoms with Gasteiger partial charge in [-0.3, -0.25) is 4.90 Å². The number of morpholine rings is 1. The van der Waals surface area contributed by atoms with Gasteiger partial charge in [-0.15, -0.1) is 0 Å². The van der Waals surface area contributed by atoms with E-state index in [0.29, 0.717) is 12.5 Å². The van der Waals surface area contributed by atoms with E-state index in [1.807, 2.05) is 0 Å². The second kappa shape index (κ2) is 8.35. The van der Waals surface area contributed by atoms with Gasteiger partial charge in [0.15, 0.2) is 0 Å². The smallest absolute Gasteiger partial charge is 0.314 e. The van der Waals surface area contributed by atoms with E-state index in [1.165, 1.54) is 0 Å². The lowest BCUT2D eigenvalue weighted by Crippen LogP contribution is -2.44. The number of ether oxygens (including phenoxy) is 2. The lowest BCUT2D eigenvalue weighted by Gasteiger charge is -2.26. The molecule has 6 nitrogen and oxygen atoms in total. The molecule has 110 valence electrons. The number of carbonyl (C=O) groups is 1. The second-order valence-corrected chi connectivity index (χ2v) is 5.15. The summed E-state index contributed by atoms with van der Waals surface area (Å²) in [5, 5.41) is 5.85. The Bertz CT molecular complexity index is 264. The highest BCUT2D eigenvalue weighted by atomic mass is 16.5. The fourth-order valence-corrected chi connectivity index (χ4v) is 2.40. The average molecular weight is 271 g/mol. The molecule has 0 bridgehead atoms. The van der Waals surface area contributed by atoms with Crippen molar-refractivity contribution in [2.75, 3.05) is 59.2 Å². The van der Waals surface area contributed by atoms with Crippen molar-refractivity contribution >= 4 is 6.03 Å². The normalized spacial score (nSPS) is 22.1. The van der Waals surface area contributed by atoms with E-state index >= 15 is 0 Å². The Morgan fingerprint density at radius 3 is 2.47 bits per heavy atom. The highest BCUT2D eigenvalue weighted by Gasteiger charge is 2.14. The van der Waals surface area contributed by atoms with Crippen molar-refractivity contribution in [3.8, 4) is 0 Å². The van der Waals surface area contributed by atoms with Crippen LogP contribution in [0.2, 0.25) is 0 Å². The van der Waals surface area contributed by atoms with Gasteiger partial charge in [-0.1, -0.05) is 0 Å². The van der Waals surface area contributed by atoms with E-state index in [4.69, 9.17) is 9.47 Å². The van der Waals surface area contributed by atoms with Crippen molar-refractivity contribution in [3.05, 3.63) is 0 Å². The van der Waals surface area contributed by atoms with Crippen molar-refractivity contribution in [3.63, 3.8) is 0 Å². The molecule has 6 heteroatoms. The minimum Gasteiger partial charge on any atom is -0.381 e. The molecule has 2 aliphatic rings. The molecule has 0 aromatic carbocycles. The third kappa shape index (κ3) is 5.76. The Morgan fingerprint density at radius 2 is 1.74 bits per heavy atom. The van der Waals surface area contributed by atoms with Crippen LogP contribution in [0, 0.1) is 5.92 Å². The molecular formula is C13H25N3O3. The number of urea groups is 1. The first-order valence-electron chi connectivity index (χ1n) is 7.24. The Labute approximate surface area is 114 Å². The van der Waals surface area contributed by atoms with Crippen molar-refractivity contribution < 1.29 is 14.3 Å². The van der Waals surface area contributed by atoms with Crippen LogP contribution >= 0.6 is 0 Å². The molecule has 19 heavy (non-hydrogen) atoms. The van der Waals surface area contributed by atoms with Gasteiger partial charge in [0.2, 0.25) is 0 Å².